The summed E-state index contributed by atoms with van der Waals surface area (Å²) in [4.78, 5) is 4.75. The molecule has 0 bridgehead atoms. The average molecular weight is 481 g/mol. The van der Waals surface area contributed by atoms with Gasteiger partial charge in [0, 0.05) is 36.1 Å². The number of fused-ring (bicyclic) bond motifs is 1. The molecule has 1 aromatic heterocycles. The molecule has 4 rings (SSSR count). The van der Waals surface area contributed by atoms with E-state index in [-0.39, 0.29) is 23.9 Å². The predicted octanol–water partition coefficient (Wildman–Crippen LogP) is 6.92. The number of nitrogens with one attached hydrogen (secondary N) is 1. The van der Waals surface area contributed by atoms with Crippen LogP contribution in [0.2, 0.25) is 0 Å². The summed E-state index contributed by atoms with van der Waals surface area (Å²) in [6.45, 7) is 3.92. The summed E-state index contributed by atoms with van der Waals surface area (Å²) in [5.74, 6) is -0.872. The molecule has 0 saturated carbocycles. The van der Waals surface area contributed by atoms with Crippen molar-refractivity contribution in [3.63, 3.8) is 0 Å². The number of hydrogen-bond acceptors (Lipinski definition) is 5. The van der Waals surface area contributed by atoms with Crippen LogP contribution in [-0.4, -0.2) is 21.7 Å². The highest BCUT2D eigenvalue weighted by Crippen LogP contribution is 2.41. The number of pyridine rings is 1. The molecule has 0 fully saturated rings. The van der Waals surface area contributed by atoms with Gasteiger partial charge < -0.3 is 11.1 Å². The van der Waals surface area contributed by atoms with Gasteiger partial charge in [-0.05, 0) is 53.3 Å². The molecule has 1 atom stereocenters. The molecule has 5 nitrogen and oxygen atoms in total. The van der Waals surface area contributed by atoms with Gasteiger partial charge in [0.25, 0.3) is 0 Å². The van der Waals surface area contributed by atoms with E-state index in [2.05, 4.69) is 4.36 Å². The first kappa shape index (κ1) is 23.5. The van der Waals surface area contributed by atoms with Crippen molar-refractivity contribution in [3.8, 4) is 11.1 Å². The molecule has 1 heterocycles. The zero-order valence-corrected chi connectivity index (χ0v) is 19.8. The fraction of sp³-hybridized carbons (Fsp3) is 0.154. The molecule has 4 aromatic rings. The van der Waals surface area contributed by atoms with Gasteiger partial charge >= 0.3 is 0 Å². The summed E-state index contributed by atoms with van der Waals surface area (Å²) >= 11 is 0. The lowest BCUT2D eigenvalue weighted by atomic mass is 9.91. The smallest absolute Gasteiger partial charge is 0.170 e. The number of anilines is 1. The first-order valence-corrected chi connectivity index (χ1v) is 12.5. The van der Waals surface area contributed by atoms with Gasteiger partial charge in [0.15, 0.2) is 5.82 Å². The molecule has 8 heteroatoms. The van der Waals surface area contributed by atoms with Crippen molar-refractivity contribution in [1.82, 2.24) is 4.98 Å². The Bertz CT molecular complexity index is 1550. The zero-order valence-electron chi connectivity index (χ0n) is 19.0. The first-order valence-electron chi connectivity index (χ1n) is 10.6. The van der Waals surface area contributed by atoms with E-state index in [0.717, 1.165) is 17.3 Å². The predicted molar refractivity (Wildman–Crippen MR) is 136 cm³/mol. The van der Waals surface area contributed by atoms with E-state index >= 15 is 0 Å². The SMILES string of the molecule is CC(C)c1nc(N=S(C)(=O)c2ccccc2F)c2cc(N)c(C=N)cc2c1-c1ccc(F)cc1.[HH]. The quantitative estimate of drug-likeness (QED) is 0.240. The van der Waals surface area contributed by atoms with Crippen LogP contribution >= 0.6 is 0 Å². The largest absolute Gasteiger partial charge is 0.398 e. The minimum Gasteiger partial charge on any atom is -0.398 e. The van der Waals surface area contributed by atoms with E-state index in [9.17, 15) is 13.0 Å². The molecule has 0 saturated heterocycles. The van der Waals surface area contributed by atoms with Gasteiger partial charge in [-0.15, -0.1) is 0 Å². The van der Waals surface area contributed by atoms with Crippen LogP contribution in [-0.2, 0) is 9.73 Å². The molecule has 3 aromatic carbocycles. The summed E-state index contributed by atoms with van der Waals surface area (Å²) in [5.41, 5.74) is 9.14. The fourth-order valence-corrected chi connectivity index (χ4v) is 5.22. The van der Waals surface area contributed by atoms with Crippen LogP contribution in [0.15, 0.2) is 69.9 Å². The van der Waals surface area contributed by atoms with Crippen LogP contribution in [0.3, 0.4) is 0 Å². The standard InChI is InChI=1S/C26H24F2N4OS.H2/c1-15(2)25-24(16-8-10-18(27)11-9-16)19-12-17(14-29)22(30)13-20(19)26(31-25)32-34(3,33)23-7-5-4-6-21(23)28;/h4-15,29H,30H2,1-3H3;1H. The van der Waals surface area contributed by atoms with E-state index in [0.29, 0.717) is 27.7 Å². The Kier molecular flexibility index (Phi) is 6.18. The molecule has 0 aliphatic carbocycles. The number of benzene rings is 3. The van der Waals surface area contributed by atoms with Gasteiger partial charge in [-0.3, -0.25) is 0 Å². The van der Waals surface area contributed by atoms with Crippen molar-refractivity contribution in [3.05, 3.63) is 83.6 Å². The normalized spacial score (nSPS) is 13.1. The fourth-order valence-electron chi connectivity index (χ4n) is 3.89. The summed E-state index contributed by atoms with van der Waals surface area (Å²) in [6, 6.07) is 15.3. The third-order valence-corrected chi connectivity index (χ3v) is 7.23. The number of nitrogens with two attached hydrogens (primary N) is 1. The number of nitrogens with zero attached hydrogens (tertiary/aromatic N) is 2. The molecule has 1 unspecified atom stereocenters. The van der Waals surface area contributed by atoms with Crippen molar-refractivity contribution in [2.24, 2.45) is 4.36 Å². The highest BCUT2D eigenvalue weighted by atomic mass is 32.2. The van der Waals surface area contributed by atoms with Gasteiger partial charge in [0.1, 0.15) is 11.6 Å². The van der Waals surface area contributed by atoms with Crippen LogP contribution in [0.5, 0.6) is 0 Å². The Morgan fingerprint density at radius 2 is 1.76 bits per heavy atom. The molecule has 0 spiro atoms. The molecule has 176 valence electrons. The summed E-state index contributed by atoms with van der Waals surface area (Å²) in [7, 11) is -3.19. The van der Waals surface area contributed by atoms with E-state index in [1.165, 1.54) is 36.6 Å². The highest BCUT2D eigenvalue weighted by Gasteiger charge is 2.21. The number of halogens is 2. The lowest BCUT2D eigenvalue weighted by molar-refractivity contribution is 0.594. The third kappa shape index (κ3) is 4.28. The molecular weight excluding hydrogens is 454 g/mol. The number of aromatic nitrogens is 1. The summed E-state index contributed by atoms with van der Waals surface area (Å²) in [5, 5.41) is 8.95. The van der Waals surface area contributed by atoms with Gasteiger partial charge in [0.05, 0.1) is 20.3 Å². The van der Waals surface area contributed by atoms with Crippen LogP contribution in [0.4, 0.5) is 20.3 Å². The molecular formula is C26H26F2N4OS. The Balaban J connectivity index is 0.00000342. The maximum absolute atomic E-state index is 14.5. The zero-order chi connectivity index (χ0) is 24.6. The lowest BCUT2D eigenvalue weighted by Crippen LogP contribution is -2.04. The molecule has 3 N–H and O–H groups in total. The van der Waals surface area contributed by atoms with E-state index < -0.39 is 15.5 Å². The number of nitrogen functional groups attached to an aromatic ring is 1. The summed E-state index contributed by atoms with van der Waals surface area (Å²) < 4.78 is 46.1. The monoisotopic (exact) mass is 480 g/mol. The Morgan fingerprint density at radius 1 is 1.09 bits per heavy atom. The second-order valence-electron chi connectivity index (χ2n) is 8.35. The van der Waals surface area contributed by atoms with Gasteiger partial charge in [-0.25, -0.2) is 18.0 Å². The maximum Gasteiger partial charge on any atom is 0.170 e. The Hall–Kier alpha value is -3.65. The number of rotatable bonds is 5. The second kappa shape index (κ2) is 8.95. The highest BCUT2D eigenvalue weighted by molar-refractivity contribution is 7.93. The lowest BCUT2D eigenvalue weighted by Gasteiger charge is -2.18. The van der Waals surface area contributed by atoms with Gasteiger partial charge in [-0.2, -0.15) is 4.36 Å². The molecule has 0 aliphatic rings. The van der Waals surface area contributed by atoms with Crippen molar-refractivity contribution in [2.45, 2.75) is 24.7 Å². The van der Waals surface area contributed by atoms with Crippen LogP contribution < -0.4 is 5.73 Å². The summed E-state index contributed by atoms with van der Waals surface area (Å²) in [6.07, 6.45) is 2.52. The molecule has 0 amide bonds. The Morgan fingerprint density at radius 3 is 2.38 bits per heavy atom. The van der Waals surface area contributed by atoms with Gasteiger partial charge in [0.2, 0.25) is 0 Å². The van der Waals surface area contributed by atoms with Crippen LogP contribution in [0.1, 0.15) is 32.4 Å². The van der Waals surface area contributed by atoms with Crippen molar-refractivity contribution < 1.29 is 14.4 Å². The first-order chi connectivity index (χ1) is 16.1. The molecule has 0 aliphatic heterocycles. The second-order valence-corrected chi connectivity index (χ2v) is 10.6. The van der Waals surface area contributed by atoms with Crippen LogP contribution in [0, 0.1) is 17.0 Å². The van der Waals surface area contributed by atoms with E-state index in [1.54, 1.807) is 30.3 Å². The average Bonchev–Trinajstić information content (AvgIpc) is 2.79. The third-order valence-electron chi connectivity index (χ3n) is 5.56. The number of hydrogen-bond donors (Lipinski definition) is 2. The van der Waals surface area contributed by atoms with Crippen molar-refractivity contribution in [2.75, 3.05) is 12.0 Å². The Labute approximate surface area is 198 Å². The molecule has 34 heavy (non-hydrogen) atoms. The van der Waals surface area contributed by atoms with Crippen molar-refractivity contribution >= 4 is 38.2 Å². The van der Waals surface area contributed by atoms with Crippen molar-refractivity contribution in [1.29, 1.82) is 5.41 Å². The minimum absolute atomic E-state index is 0. The minimum atomic E-state index is -3.19. The van der Waals surface area contributed by atoms with Crippen LogP contribution in [0.25, 0.3) is 21.9 Å². The van der Waals surface area contributed by atoms with E-state index in [1.807, 2.05) is 13.8 Å². The maximum atomic E-state index is 14.5. The van der Waals surface area contributed by atoms with Gasteiger partial charge in [-0.1, -0.05) is 38.1 Å². The molecule has 0 radical (unpaired) electrons. The van der Waals surface area contributed by atoms with E-state index in [4.69, 9.17) is 16.1 Å². The topological polar surface area (TPSA) is 92.2 Å².